The van der Waals surface area contributed by atoms with E-state index in [-0.39, 0.29) is 0 Å². The highest BCUT2D eigenvalue weighted by Gasteiger charge is 2.22. The molecule has 0 spiro atoms. The highest BCUT2D eigenvalue weighted by molar-refractivity contribution is 6.21. The Morgan fingerprint density at radius 1 is 0.348 bits per heavy atom. The van der Waals surface area contributed by atoms with Crippen LogP contribution in [0.4, 0.5) is 0 Å². The van der Waals surface area contributed by atoms with Gasteiger partial charge in [-0.05, 0) is 93.6 Å². The Labute approximate surface area is 385 Å². The third kappa shape index (κ3) is 7.46. The lowest BCUT2D eigenvalue weighted by Gasteiger charge is -2.19. The first-order chi connectivity index (χ1) is 32.4. The van der Waals surface area contributed by atoms with Crippen LogP contribution in [0.5, 0.6) is 0 Å². The summed E-state index contributed by atoms with van der Waals surface area (Å²) in [5.74, 6) is 4.30. The third-order valence-electron chi connectivity index (χ3n) is 12.9. The molecule has 6 heteroatoms. The standard InChI is InChI=1S/C60H46N6/c1-37-17-5-9-21-45(37)57-61-55(62-58(65-57)46-22-10-6-18-38(46)2)43-33-29-41(30-34-43)53-51-27-15-13-25-49(51)50-26-14-16-28-52(50)54(53)42-31-35-44(36-32-42)56-63-59(47-23-11-7-19-39(47)3)66-60(64-56)48-24-12-8-20-40(48)4/h5-19,21-36,40H,20H2,1-4H3. The maximum atomic E-state index is 5.14. The molecule has 11 rings (SSSR count). The zero-order chi connectivity index (χ0) is 44.7. The molecule has 0 fully saturated rings. The van der Waals surface area contributed by atoms with Gasteiger partial charge in [-0.2, -0.15) is 0 Å². The minimum absolute atomic E-state index is 0.301. The Hall–Kier alpha value is -8.22. The number of fused-ring (bicyclic) bond motifs is 3. The van der Waals surface area contributed by atoms with Crippen LogP contribution in [0.1, 0.15) is 35.9 Å². The van der Waals surface area contributed by atoms with Crippen molar-refractivity contribution in [2.75, 3.05) is 0 Å². The molecule has 316 valence electrons. The summed E-state index contributed by atoms with van der Waals surface area (Å²) in [6.07, 6.45) is 7.41. The van der Waals surface area contributed by atoms with Gasteiger partial charge in [-0.1, -0.05) is 195 Å². The largest absolute Gasteiger partial charge is 0.209 e. The van der Waals surface area contributed by atoms with Crippen LogP contribution < -0.4 is 0 Å². The van der Waals surface area contributed by atoms with Gasteiger partial charge in [-0.3, -0.25) is 0 Å². The van der Waals surface area contributed by atoms with Gasteiger partial charge in [0, 0.05) is 33.4 Å². The molecule has 66 heavy (non-hydrogen) atoms. The molecule has 2 aromatic heterocycles. The van der Waals surface area contributed by atoms with Gasteiger partial charge >= 0.3 is 0 Å². The van der Waals surface area contributed by atoms with Crippen LogP contribution in [0, 0.1) is 26.7 Å². The molecular formula is C60H46N6. The maximum absolute atomic E-state index is 5.14. The lowest BCUT2D eigenvalue weighted by atomic mass is 9.84. The van der Waals surface area contributed by atoms with Crippen molar-refractivity contribution in [1.29, 1.82) is 0 Å². The van der Waals surface area contributed by atoms with Crippen molar-refractivity contribution >= 4 is 27.1 Å². The molecule has 10 aromatic rings. The molecule has 0 aliphatic heterocycles. The second-order valence-corrected chi connectivity index (χ2v) is 17.2. The minimum Gasteiger partial charge on any atom is -0.209 e. The van der Waals surface area contributed by atoms with E-state index in [9.17, 15) is 0 Å². The van der Waals surface area contributed by atoms with E-state index < -0.39 is 0 Å². The lowest BCUT2D eigenvalue weighted by molar-refractivity contribution is 0.747. The first-order valence-corrected chi connectivity index (χ1v) is 22.6. The molecule has 1 atom stereocenters. The van der Waals surface area contributed by atoms with Crippen LogP contribution in [0.2, 0.25) is 0 Å². The van der Waals surface area contributed by atoms with E-state index in [2.05, 4.69) is 185 Å². The summed E-state index contributed by atoms with van der Waals surface area (Å²) in [5.41, 5.74) is 13.8. The van der Waals surface area contributed by atoms with Crippen LogP contribution in [-0.2, 0) is 0 Å². The molecule has 0 saturated carbocycles. The Morgan fingerprint density at radius 3 is 1.09 bits per heavy atom. The predicted octanol–water partition coefficient (Wildman–Crippen LogP) is 14.9. The monoisotopic (exact) mass is 850 g/mol. The number of aryl methyl sites for hydroxylation is 3. The topological polar surface area (TPSA) is 77.3 Å². The molecule has 0 radical (unpaired) electrons. The highest BCUT2D eigenvalue weighted by atomic mass is 15.0. The molecule has 6 nitrogen and oxygen atoms in total. The van der Waals surface area contributed by atoms with Crippen molar-refractivity contribution in [3.8, 4) is 79.2 Å². The summed E-state index contributed by atoms with van der Waals surface area (Å²) < 4.78 is 0. The van der Waals surface area contributed by atoms with Crippen molar-refractivity contribution in [2.24, 2.45) is 5.92 Å². The zero-order valence-corrected chi connectivity index (χ0v) is 37.4. The minimum atomic E-state index is 0.301. The molecule has 0 saturated heterocycles. The SMILES string of the molecule is Cc1ccccc1-c1nc(C2=CC=CCC2C)nc(-c2ccc(-c3c(-c4ccc(-c5nc(-c6ccccc6C)nc(-c6ccccc6C)n5)cc4)c4ccccc4c4ccccc34)cc2)n1. The van der Waals surface area contributed by atoms with Gasteiger partial charge in [0.1, 0.15) is 0 Å². The van der Waals surface area contributed by atoms with Gasteiger partial charge in [-0.25, -0.2) is 29.9 Å². The maximum Gasteiger partial charge on any atom is 0.164 e. The fourth-order valence-corrected chi connectivity index (χ4v) is 9.33. The predicted molar refractivity (Wildman–Crippen MR) is 271 cm³/mol. The van der Waals surface area contributed by atoms with Crippen LogP contribution in [-0.4, -0.2) is 29.9 Å². The molecular weight excluding hydrogens is 805 g/mol. The fraction of sp³-hybridized carbons (Fsp3) is 0.100. The number of aromatic nitrogens is 6. The van der Waals surface area contributed by atoms with Crippen LogP contribution >= 0.6 is 0 Å². The van der Waals surface area contributed by atoms with E-state index in [1.54, 1.807) is 0 Å². The van der Waals surface area contributed by atoms with Crippen LogP contribution in [0.25, 0.3) is 106 Å². The number of nitrogens with zero attached hydrogens (tertiary/aromatic N) is 6. The molecule has 1 aliphatic carbocycles. The quantitative estimate of drug-likeness (QED) is 0.142. The van der Waals surface area contributed by atoms with Gasteiger partial charge in [0.15, 0.2) is 34.9 Å². The molecule has 0 N–H and O–H groups in total. The molecule has 1 unspecified atom stereocenters. The van der Waals surface area contributed by atoms with E-state index in [1.807, 2.05) is 30.3 Å². The van der Waals surface area contributed by atoms with E-state index in [4.69, 9.17) is 29.9 Å². The number of benzene rings is 8. The Bertz CT molecular complexity index is 3490. The second kappa shape index (κ2) is 17.1. The van der Waals surface area contributed by atoms with Gasteiger partial charge in [0.2, 0.25) is 0 Å². The second-order valence-electron chi connectivity index (χ2n) is 17.2. The van der Waals surface area contributed by atoms with E-state index in [0.717, 1.165) is 84.6 Å². The molecule has 0 bridgehead atoms. The normalized spacial score (nSPS) is 13.6. The van der Waals surface area contributed by atoms with Crippen molar-refractivity contribution in [3.63, 3.8) is 0 Å². The van der Waals surface area contributed by atoms with Crippen LogP contribution in [0.15, 0.2) is 188 Å². The number of hydrogen-bond acceptors (Lipinski definition) is 6. The average molecular weight is 851 g/mol. The number of hydrogen-bond donors (Lipinski definition) is 0. The smallest absolute Gasteiger partial charge is 0.164 e. The summed E-state index contributed by atoms with van der Waals surface area (Å²) in [5, 5.41) is 4.78. The van der Waals surface area contributed by atoms with Gasteiger partial charge in [0.05, 0.1) is 0 Å². The van der Waals surface area contributed by atoms with E-state index >= 15 is 0 Å². The fourth-order valence-electron chi connectivity index (χ4n) is 9.33. The summed E-state index contributed by atoms with van der Waals surface area (Å²) >= 11 is 0. The Kier molecular flexibility index (Phi) is 10.5. The summed E-state index contributed by atoms with van der Waals surface area (Å²) in [6, 6.07) is 59.8. The van der Waals surface area contributed by atoms with Crippen molar-refractivity contribution in [2.45, 2.75) is 34.1 Å². The lowest BCUT2D eigenvalue weighted by Crippen LogP contribution is -2.08. The van der Waals surface area contributed by atoms with E-state index in [0.29, 0.717) is 35.0 Å². The average Bonchev–Trinajstić information content (AvgIpc) is 3.36. The summed E-state index contributed by atoms with van der Waals surface area (Å²) in [4.78, 5) is 30.6. The Balaban J connectivity index is 1.05. The number of rotatable bonds is 8. The molecule has 2 heterocycles. The van der Waals surface area contributed by atoms with Crippen molar-refractivity contribution in [1.82, 2.24) is 29.9 Å². The molecule has 0 amide bonds. The molecule has 8 aromatic carbocycles. The first kappa shape index (κ1) is 40.5. The third-order valence-corrected chi connectivity index (χ3v) is 12.9. The number of allylic oxidation sites excluding steroid dienone is 4. The first-order valence-electron chi connectivity index (χ1n) is 22.6. The summed E-state index contributed by atoms with van der Waals surface area (Å²) in [6.45, 7) is 8.53. The summed E-state index contributed by atoms with van der Waals surface area (Å²) in [7, 11) is 0. The van der Waals surface area contributed by atoms with Gasteiger partial charge in [-0.15, -0.1) is 0 Å². The van der Waals surface area contributed by atoms with Gasteiger partial charge in [0.25, 0.3) is 0 Å². The van der Waals surface area contributed by atoms with Gasteiger partial charge < -0.3 is 0 Å². The Morgan fingerprint density at radius 2 is 0.682 bits per heavy atom. The van der Waals surface area contributed by atoms with Crippen LogP contribution in [0.3, 0.4) is 0 Å². The van der Waals surface area contributed by atoms with E-state index in [1.165, 1.54) is 21.5 Å². The van der Waals surface area contributed by atoms with Crippen molar-refractivity contribution in [3.05, 3.63) is 211 Å². The zero-order valence-electron chi connectivity index (χ0n) is 37.4. The highest BCUT2D eigenvalue weighted by Crippen LogP contribution is 2.45. The molecule has 1 aliphatic rings. The van der Waals surface area contributed by atoms with Crippen molar-refractivity contribution < 1.29 is 0 Å².